The summed E-state index contributed by atoms with van der Waals surface area (Å²) in [5, 5.41) is -0.614. The molecule has 3 nitrogen and oxygen atoms in total. The van der Waals surface area contributed by atoms with Gasteiger partial charge < -0.3 is 4.74 Å². The molecule has 74 valence electrons. The van der Waals surface area contributed by atoms with Crippen molar-refractivity contribution in [3.8, 4) is 0 Å². The molecule has 0 aliphatic carbocycles. The third kappa shape index (κ3) is 2.56. The van der Waals surface area contributed by atoms with Gasteiger partial charge in [-0.2, -0.15) is 0 Å². The van der Waals surface area contributed by atoms with Crippen LogP contribution in [0.3, 0.4) is 0 Å². The van der Waals surface area contributed by atoms with Crippen molar-refractivity contribution in [3.63, 3.8) is 0 Å². The topological polar surface area (TPSA) is 43.4 Å². The number of carbonyl (C=O) groups excluding carboxylic acids is 2. The normalized spacial score (nSPS) is 9.64. The summed E-state index contributed by atoms with van der Waals surface area (Å²) in [6, 6.07) is 4.46. The average molecular weight is 278 g/mol. The molecule has 0 heterocycles. The molecule has 14 heavy (non-hydrogen) atoms. The highest BCUT2D eigenvalue weighted by molar-refractivity contribution is 9.10. The van der Waals surface area contributed by atoms with Crippen LogP contribution in [0.4, 0.5) is 0 Å². The van der Waals surface area contributed by atoms with Crippen LogP contribution in [-0.4, -0.2) is 18.3 Å². The van der Waals surface area contributed by atoms with Crippen molar-refractivity contribution in [3.05, 3.63) is 33.8 Å². The van der Waals surface area contributed by atoms with Crippen LogP contribution >= 0.6 is 27.5 Å². The van der Waals surface area contributed by atoms with Gasteiger partial charge in [-0.05, 0) is 29.8 Å². The van der Waals surface area contributed by atoms with Crippen molar-refractivity contribution in [1.82, 2.24) is 0 Å². The van der Waals surface area contributed by atoms with Crippen molar-refractivity contribution in [1.29, 1.82) is 0 Å². The zero-order chi connectivity index (χ0) is 10.7. The molecule has 0 aromatic heterocycles. The first-order valence-electron chi connectivity index (χ1n) is 3.63. The maximum Gasteiger partial charge on any atom is 0.337 e. The zero-order valence-electron chi connectivity index (χ0n) is 7.21. The second-order valence-corrected chi connectivity index (χ2v) is 3.75. The monoisotopic (exact) mass is 276 g/mol. The largest absolute Gasteiger partial charge is 0.465 e. The van der Waals surface area contributed by atoms with Crippen LogP contribution < -0.4 is 0 Å². The minimum atomic E-state index is -0.614. The van der Waals surface area contributed by atoms with Crippen molar-refractivity contribution in [2.24, 2.45) is 0 Å². The Hall–Kier alpha value is -0.870. The number of hydrogen-bond donors (Lipinski definition) is 0. The Balaban J connectivity index is 3.20. The molecule has 0 unspecified atom stereocenters. The van der Waals surface area contributed by atoms with Crippen LogP contribution in [-0.2, 0) is 4.74 Å². The molecule has 0 bridgehead atoms. The number of ether oxygens (including phenoxy) is 1. The summed E-state index contributed by atoms with van der Waals surface area (Å²) in [5.74, 6) is -0.509. The number of halogens is 2. The van der Waals surface area contributed by atoms with E-state index in [0.717, 1.165) is 0 Å². The predicted molar refractivity (Wildman–Crippen MR) is 55.7 cm³/mol. The van der Waals surface area contributed by atoms with Gasteiger partial charge in [0.1, 0.15) is 0 Å². The Morgan fingerprint density at radius 1 is 1.29 bits per heavy atom. The third-order valence-corrected chi connectivity index (χ3v) is 2.22. The molecular formula is C9H6BrClO3. The van der Waals surface area contributed by atoms with Crippen molar-refractivity contribution in [2.75, 3.05) is 7.11 Å². The van der Waals surface area contributed by atoms with Crippen LogP contribution in [0, 0.1) is 0 Å². The SMILES string of the molecule is COC(=O)c1cc(Br)cc(C(=O)Cl)c1. The van der Waals surface area contributed by atoms with Gasteiger partial charge in [-0.3, -0.25) is 4.79 Å². The van der Waals surface area contributed by atoms with E-state index in [4.69, 9.17) is 11.6 Å². The van der Waals surface area contributed by atoms with Crippen molar-refractivity contribution in [2.45, 2.75) is 0 Å². The summed E-state index contributed by atoms with van der Waals surface area (Å²) in [5.41, 5.74) is 0.535. The molecule has 1 aromatic rings. The van der Waals surface area contributed by atoms with Gasteiger partial charge >= 0.3 is 5.97 Å². The molecule has 0 aliphatic rings. The molecule has 0 saturated carbocycles. The van der Waals surface area contributed by atoms with Crippen LogP contribution in [0.25, 0.3) is 0 Å². The zero-order valence-corrected chi connectivity index (χ0v) is 9.55. The predicted octanol–water partition coefficient (Wildman–Crippen LogP) is 2.61. The fourth-order valence-corrected chi connectivity index (χ4v) is 1.54. The standard InChI is InChI=1S/C9H6BrClO3/c1-14-9(13)6-2-5(8(11)12)3-7(10)4-6/h2-4H,1H3. The summed E-state index contributed by atoms with van der Waals surface area (Å²) < 4.78 is 5.11. The van der Waals surface area contributed by atoms with Gasteiger partial charge in [-0.15, -0.1) is 0 Å². The number of carbonyl (C=O) groups is 2. The van der Waals surface area contributed by atoms with E-state index in [1.54, 1.807) is 6.07 Å². The Labute approximate surface area is 94.1 Å². The summed E-state index contributed by atoms with van der Waals surface area (Å²) in [6.45, 7) is 0. The second-order valence-electron chi connectivity index (χ2n) is 2.49. The Morgan fingerprint density at radius 2 is 1.86 bits per heavy atom. The first-order chi connectivity index (χ1) is 6.54. The van der Waals surface area contributed by atoms with Crippen LogP contribution in [0.1, 0.15) is 20.7 Å². The molecule has 0 radical (unpaired) electrons. The van der Waals surface area contributed by atoms with Gasteiger partial charge in [0, 0.05) is 10.0 Å². The lowest BCUT2D eigenvalue weighted by Gasteiger charge is -2.01. The number of benzene rings is 1. The maximum absolute atomic E-state index is 11.1. The van der Waals surface area contributed by atoms with Crippen LogP contribution in [0.5, 0.6) is 0 Å². The molecule has 5 heteroatoms. The summed E-state index contributed by atoms with van der Waals surface area (Å²) in [6.07, 6.45) is 0. The Kier molecular flexibility index (Phi) is 3.66. The van der Waals surface area contributed by atoms with Gasteiger partial charge in [0.2, 0.25) is 0 Å². The van der Waals surface area contributed by atoms with Crippen LogP contribution in [0.15, 0.2) is 22.7 Å². The molecule has 0 N–H and O–H groups in total. The summed E-state index contributed by atoms with van der Waals surface area (Å²) in [4.78, 5) is 22.0. The molecule has 0 fully saturated rings. The molecule has 1 aromatic carbocycles. The molecular weight excluding hydrogens is 271 g/mol. The molecule has 0 spiro atoms. The number of rotatable bonds is 2. The van der Waals surface area contributed by atoms with Gasteiger partial charge in [-0.1, -0.05) is 15.9 Å². The molecule has 0 amide bonds. The van der Waals surface area contributed by atoms with E-state index in [-0.39, 0.29) is 11.1 Å². The van der Waals surface area contributed by atoms with Gasteiger partial charge in [0.05, 0.1) is 12.7 Å². The van der Waals surface area contributed by atoms with Gasteiger partial charge in [-0.25, -0.2) is 4.79 Å². The molecule has 0 saturated heterocycles. The van der Waals surface area contributed by atoms with Crippen molar-refractivity contribution >= 4 is 38.7 Å². The van der Waals surface area contributed by atoms with E-state index in [0.29, 0.717) is 4.47 Å². The number of methoxy groups -OCH3 is 1. The summed E-state index contributed by atoms with van der Waals surface area (Å²) >= 11 is 8.44. The first kappa shape index (κ1) is 11.2. The van der Waals surface area contributed by atoms with E-state index in [9.17, 15) is 9.59 Å². The lowest BCUT2D eigenvalue weighted by Crippen LogP contribution is -2.03. The lowest BCUT2D eigenvalue weighted by molar-refractivity contribution is 0.0600. The first-order valence-corrected chi connectivity index (χ1v) is 4.80. The average Bonchev–Trinajstić information content (AvgIpc) is 2.15. The summed E-state index contributed by atoms with van der Waals surface area (Å²) in [7, 11) is 1.27. The van der Waals surface area contributed by atoms with Crippen LogP contribution in [0.2, 0.25) is 0 Å². The van der Waals surface area contributed by atoms with Gasteiger partial charge in [0.15, 0.2) is 0 Å². The Morgan fingerprint density at radius 3 is 2.36 bits per heavy atom. The molecule has 0 aliphatic heterocycles. The van der Waals surface area contributed by atoms with E-state index < -0.39 is 11.2 Å². The quantitative estimate of drug-likeness (QED) is 0.616. The highest BCUT2D eigenvalue weighted by atomic mass is 79.9. The third-order valence-electron chi connectivity index (χ3n) is 1.55. The van der Waals surface area contributed by atoms with E-state index in [1.807, 2.05) is 0 Å². The minimum absolute atomic E-state index is 0.251. The molecule has 1 rings (SSSR count). The Bertz CT molecular complexity index is 390. The number of hydrogen-bond acceptors (Lipinski definition) is 3. The smallest absolute Gasteiger partial charge is 0.337 e. The number of esters is 1. The lowest BCUT2D eigenvalue weighted by atomic mass is 10.1. The van der Waals surface area contributed by atoms with Crippen molar-refractivity contribution < 1.29 is 14.3 Å². The highest BCUT2D eigenvalue weighted by Crippen LogP contribution is 2.17. The minimum Gasteiger partial charge on any atom is -0.465 e. The molecule has 0 atom stereocenters. The fourth-order valence-electron chi connectivity index (χ4n) is 0.939. The van der Waals surface area contributed by atoms with E-state index in [2.05, 4.69) is 20.7 Å². The van der Waals surface area contributed by atoms with E-state index >= 15 is 0 Å². The highest BCUT2D eigenvalue weighted by Gasteiger charge is 2.10. The van der Waals surface area contributed by atoms with Gasteiger partial charge in [0.25, 0.3) is 5.24 Å². The maximum atomic E-state index is 11.1. The van der Waals surface area contributed by atoms with E-state index in [1.165, 1.54) is 19.2 Å². The fraction of sp³-hybridized carbons (Fsp3) is 0.111. The second kappa shape index (κ2) is 4.57.